The highest BCUT2D eigenvalue weighted by atomic mass is 32.2. The van der Waals surface area contributed by atoms with Gasteiger partial charge in [-0.15, -0.1) is 0 Å². The molecule has 1 heterocycles. The van der Waals surface area contributed by atoms with Crippen molar-refractivity contribution in [3.63, 3.8) is 0 Å². The zero-order valence-electron chi connectivity index (χ0n) is 22.5. The van der Waals surface area contributed by atoms with Crippen LogP contribution in [0.5, 0.6) is 0 Å². The van der Waals surface area contributed by atoms with Gasteiger partial charge in [0.2, 0.25) is 21.1 Å². The number of ether oxygens (including phenoxy) is 5. The van der Waals surface area contributed by atoms with Crippen LogP contribution in [-0.4, -0.2) is 50.4 Å². The third kappa shape index (κ3) is 6.59. The second-order valence-corrected chi connectivity index (χ2v) is 11.7. The lowest BCUT2D eigenvalue weighted by atomic mass is 10.1. The Morgan fingerprint density at radius 1 is 0.800 bits per heavy atom. The maximum absolute atomic E-state index is 14.4. The molecule has 1 aliphatic heterocycles. The molecule has 1 fully saturated rings. The second-order valence-electron chi connectivity index (χ2n) is 9.49. The summed E-state index contributed by atoms with van der Waals surface area (Å²) in [4.78, 5) is 21.9. The van der Waals surface area contributed by atoms with E-state index in [9.17, 15) is 18.0 Å². The number of aryl methyl sites for hydroxylation is 1. The molecular formula is C30H32O9S. The van der Waals surface area contributed by atoms with Gasteiger partial charge in [0, 0.05) is 13.8 Å². The summed E-state index contributed by atoms with van der Waals surface area (Å²) >= 11 is 0. The molecule has 212 valence electrons. The summed E-state index contributed by atoms with van der Waals surface area (Å²) in [5.41, 5.74) is 2.40. The molecule has 3 aromatic rings. The molecule has 9 nitrogen and oxygen atoms in total. The summed E-state index contributed by atoms with van der Waals surface area (Å²) in [5.74, 6) is -1.48. The summed E-state index contributed by atoms with van der Waals surface area (Å²) in [6.45, 7) is 3.67. The highest BCUT2D eigenvalue weighted by molar-refractivity contribution is 7.92. The molecule has 0 spiro atoms. The standard InChI is InChI=1S/C30H32O9S/c1-21-14-16-26(17-15-21)40(33,34)30(20-35-18-24-10-6-4-7-11-24)28(36-19-25-12-8-5-9-13-25)27(37-22(2)31)29(39-30)38-23(3)32/h4-17,27-29H,18-20H2,1-3H3/t27-,28+,29+,30+/m1/s1. The molecule has 0 N–H and O–H groups in total. The quantitative estimate of drug-likeness (QED) is 0.315. The van der Waals surface area contributed by atoms with E-state index in [1.54, 1.807) is 12.1 Å². The smallest absolute Gasteiger partial charge is 0.305 e. The first kappa shape index (κ1) is 29.4. The molecule has 3 aromatic carbocycles. The molecule has 0 unspecified atom stereocenters. The minimum Gasteiger partial charge on any atom is -0.453 e. The summed E-state index contributed by atoms with van der Waals surface area (Å²) in [6.07, 6.45) is -4.39. The summed E-state index contributed by atoms with van der Waals surface area (Å²) in [5, 5.41) is 0. The maximum atomic E-state index is 14.4. The van der Waals surface area contributed by atoms with E-state index in [1.807, 2.05) is 67.6 Å². The molecule has 0 amide bonds. The lowest BCUT2D eigenvalue weighted by Gasteiger charge is -2.34. The van der Waals surface area contributed by atoms with Gasteiger partial charge in [-0.2, -0.15) is 0 Å². The van der Waals surface area contributed by atoms with Crippen molar-refractivity contribution >= 4 is 21.8 Å². The first-order valence-corrected chi connectivity index (χ1v) is 14.2. The molecule has 0 aliphatic carbocycles. The van der Waals surface area contributed by atoms with Crippen LogP contribution in [0.3, 0.4) is 0 Å². The fourth-order valence-electron chi connectivity index (χ4n) is 4.48. The largest absolute Gasteiger partial charge is 0.453 e. The Kier molecular flexibility index (Phi) is 9.36. The van der Waals surface area contributed by atoms with Gasteiger partial charge in [0.25, 0.3) is 0 Å². The molecule has 0 bridgehead atoms. The molecule has 4 rings (SSSR count). The van der Waals surface area contributed by atoms with E-state index < -0.39 is 51.8 Å². The van der Waals surface area contributed by atoms with Crippen LogP contribution in [0.2, 0.25) is 0 Å². The van der Waals surface area contributed by atoms with E-state index in [0.29, 0.717) is 0 Å². The Balaban J connectivity index is 1.81. The zero-order chi connectivity index (χ0) is 28.8. The number of carbonyl (C=O) groups excluding carboxylic acids is 2. The number of sulfone groups is 1. The number of rotatable bonds is 11. The summed E-state index contributed by atoms with van der Waals surface area (Å²) in [7, 11) is -4.42. The van der Waals surface area contributed by atoms with Crippen LogP contribution in [0, 0.1) is 6.92 Å². The monoisotopic (exact) mass is 568 g/mol. The van der Waals surface area contributed by atoms with E-state index in [2.05, 4.69) is 0 Å². The van der Waals surface area contributed by atoms with Gasteiger partial charge in [-0.1, -0.05) is 78.4 Å². The predicted octanol–water partition coefficient (Wildman–Crippen LogP) is 4.12. The minimum atomic E-state index is -4.42. The van der Waals surface area contributed by atoms with Crippen molar-refractivity contribution in [1.29, 1.82) is 0 Å². The SMILES string of the molecule is CC(=O)O[C@H]1O[C@@](COCc2ccccc2)(S(=O)(=O)c2ccc(C)cc2)[C@@H](OCc2ccccc2)[C@H]1OC(C)=O. The Bertz CT molecular complexity index is 1390. The Morgan fingerprint density at radius 3 is 1.90 bits per heavy atom. The van der Waals surface area contributed by atoms with Gasteiger partial charge in [0.1, 0.15) is 6.10 Å². The molecular weight excluding hydrogens is 536 g/mol. The Morgan fingerprint density at radius 2 is 1.35 bits per heavy atom. The minimum absolute atomic E-state index is 0.0384. The normalized spacial score (nSPS) is 22.5. The molecule has 40 heavy (non-hydrogen) atoms. The maximum Gasteiger partial charge on any atom is 0.305 e. The van der Waals surface area contributed by atoms with Crippen molar-refractivity contribution in [2.75, 3.05) is 6.61 Å². The van der Waals surface area contributed by atoms with Crippen LogP contribution < -0.4 is 0 Å². The van der Waals surface area contributed by atoms with Crippen LogP contribution in [-0.2, 0) is 56.3 Å². The number of hydrogen-bond acceptors (Lipinski definition) is 9. The average Bonchev–Trinajstić information content (AvgIpc) is 3.21. The third-order valence-electron chi connectivity index (χ3n) is 6.37. The third-order valence-corrected chi connectivity index (χ3v) is 8.62. The molecule has 0 saturated carbocycles. The lowest BCUT2D eigenvalue weighted by molar-refractivity contribution is -0.200. The van der Waals surface area contributed by atoms with Gasteiger partial charge >= 0.3 is 11.9 Å². The van der Waals surface area contributed by atoms with E-state index in [1.165, 1.54) is 19.1 Å². The lowest BCUT2D eigenvalue weighted by Crippen LogP contribution is -2.54. The van der Waals surface area contributed by atoms with Crippen LogP contribution in [0.4, 0.5) is 0 Å². The Labute approximate surface area is 233 Å². The number of esters is 2. The molecule has 4 atom stereocenters. The van der Waals surface area contributed by atoms with Gasteiger partial charge in [-0.05, 0) is 30.2 Å². The van der Waals surface area contributed by atoms with Gasteiger partial charge in [0.15, 0.2) is 6.10 Å². The fraction of sp³-hybridized carbons (Fsp3) is 0.333. The van der Waals surface area contributed by atoms with Crippen molar-refractivity contribution in [3.8, 4) is 0 Å². The van der Waals surface area contributed by atoms with Crippen molar-refractivity contribution in [2.24, 2.45) is 0 Å². The molecule has 0 radical (unpaired) electrons. The van der Waals surface area contributed by atoms with Crippen LogP contribution in [0.15, 0.2) is 89.8 Å². The Hall–Kier alpha value is -3.57. The molecule has 10 heteroatoms. The predicted molar refractivity (Wildman–Crippen MR) is 144 cm³/mol. The highest BCUT2D eigenvalue weighted by Crippen LogP contribution is 2.44. The molecule has 1 aliphatic rings. The summed E-state index contributed by atoms with van der Waals surface area (Å²) < 4.78 is 58.0. The van der Waals surface area contributed by atoms with Crippen LogP contribution in [0.1, 0.15) is 30.5 Å². The average molecular weight is 569 g/mol. The van der Waals surface area contributed by atoms with Crippen molar-refractivity contribution in [1.82, 2.24) is 0 Å². The fourth-order valence-corrected chi connectivity index (χ4v) is 6.34. The van der Waals surface area contributed by atoms with E-state index in [0.717, 1.165) is 23.6 Å². The first-order chi connectivity index (χ1) is 19.1. The van der Waals surface area contributed by atoms with Crippen molar-refractivity contribution < 1.29 is 41.7 Å². The van der Waals surface area contributed by atoms with E-state index in [-0.39, 0.29) is 18.1 Å². The first-order valence-electron chi connectivity index (χ1n) is 12.7. The van der Waals surface area contributed by atoms with Crippen LogP contribution >= 0.6 is 0 Å². The number of benzene rings is 3. The molecule has 1 saturated heterocycles. The van der Waals surface area contributed by atoms with Crippen molar-refractivity contribution in [2.45, 2.75) is 62.3 Å². The van der Waals surface area contributed by atoms with Gasteiger partial charge in [-0.3, -0.25) is 9.59 Å². The topological polar surface area (TPSA) is 114 Å². The summed E-state index contributed by atoms with van der Waals surface area (Å²) in [6, 6.07) is 24.5. The number of carbonyl (C=O) groups is 2. The van der Waals surface area contributed by atoms with Gasteiger partial charge in [0.05, 0.1) is 24.7 Å². The highest BCUT2D eigenvalue weighted by Gasteiger charge is 2.66. The van der Waals surface area contributed by atoms with Crippen LogP contribution in [0.25, 0.3) is 0 Å². The van der Waals surface area contributed by atoms with Crippen molar-refractivity contribution in [3.05, 3.63) is 102 Å². The van der Waals surface area contributed by atoms with Gasteiger partial charge < -0.3 is 23.7 Å². The molecule has 0 aromatic heterocycles. The van der Waals surface area contributed by atoms with E-state index >= 15 is 0 Å². The van der Waals surface area contributed by atoms with E-state index in [4.69, 9.17) is 23.7 Å². The second kappa shape index (κ2) is 12.7. The number of hydrogen-bond donors (Lipinski definition) is 0. The van der Waals surface area contributed by atoms with Gasteiger partial charge in [-0.25, -0.2) is 8.42 Å². The zero-order valence-corrected chi connectivity index (χ0v) is 23.3.